The highest BCUT2D eigenvalue weighted by molar-refractivity contribution is 5.79. The Bertz CT molecular complexity index is 211. The number of nitrogens with one attached hydrogen (secondary N) is 1. The number of hydrogen-bond acceptors (Lipinski definition) is 3. The molecule has 5 nitrogen and oxygen atoms in total. The molecular formula is C10H22N4O. The minimum Gasteiger partial charge on any atom is -0.376 e. The Kier molecular flexibility index (Phi) is 4.84. The molecule has 0 bridgehead atoms. The number of guanidine groups is 1. The van der Waals surface area contributed by atoms with E-state index >= 15 is 0 Å². The fourth-order valence-electron chi connectivity index (χ4n) is 1.67. The van der Waals surface area contributed by atoms with Gasteiger partial charge >= 0.3 is 0 Å². The molecule has 1 heterocycles. The van der Waals surface area contributed by atoms with Crippen LogP contribution in [0.15, 0.2) is 4.99 Å². The molecule has 1 atom stereocenters. The number of rotatable bonds is 3. The Morgan fingerprint density at radius 1 is 1.67 bits per heavy atom. The van der Waals surface area contributed by atoms with Crippen molar-refractivity contribution in [3.05, 3.63) is 0 Å². The molecule has 0 aromatic carbocycles. The summed E-state index contributed by atoms with van der Waals surface area (Å²) in [5, 5.41) is 0. The lowest BCUT2D eigenvalue weighted by Crippen LogP contribution is -2.46. The van der Waals surface area contributed by atoms with Crippen molar-refractivity contribution in [3.8, 4) is 0 Å². The molecule has 1 aliphatic heterocycles. The second-order valence-electron chi connectivity index (χ2n) is 4.21. The maximum absolute atomic E-state index is 5.56. The third kappa shape index (κ3) is 4.05. The standard InChI is InChI=1S/C10H22N4O/c1-8(2)12-10(13-11)14(3)7-9-5-4-6-15-9/h8-9H,4-7,11H2,1-3H3,(H,12,13). The molecule has 0 saturated carbocycles. The van der Waals surface area contributed by atoms with E-state index in [0.717, 1.165) is 32.0 Å². The van der Waals surface area contributed by atoms with E-state index in [1.165, 1.54) is 0 Å². The van der Waals surface area contributed by atoms with Gasteiger partial charge in [-0.2, -0.15) is 0 Å². The van der Waals surface area contributed by atoms with Gasteiger partial charge in [-0.25, -0.2) is 10.8 Å². The molecule has 88 valence electrons. The lowest BCUT2D eigenvalue weighted by molar-refractivity contribution is 0.0951. The molecule has 0 aromatic heterocycles. The van der Waals surface area contributed by atoms with Crippen LogP contribution in [0.3, 0.4) is 0 Å². The predicted molar refractivity (Wildman–Crippen MR) is 61.5 cm³/mol. The van der Waals surface area contributed by atoms with Crippen molar-refractivity contribution in [2.24, 2.45) is 10.8 Å². The maximum atomic E-state index is 5.56. The Balaban J connectivity index is 2.45. The third-order valence-corrected chi connectivity index (χ3v) is 2.37. The first-order valence-corrected chi connectivity index (χ1v) is 5.50. The summed E-state index contributed by atoms with van der Waals surface area (Å²) < 4.78 is 5.56. The van der Waals surface area contributed by atoms with Crippen LogP contribution in [0.4, 0.5) is 0 Å². The molecule has 1 aliphatic rings. The first-order valence-electron chi connectivity index (χ1n) is 5.50. The van der Waals surface area contributed by atoms with Gasteiger partial charge in [0.05, 0.1) is 6.10 Å². The van der Waals surface area contributed by atoms with Crippen molar-refractivity contribution in [2.45, 2.75) is 38.8 Å². The van der Waals surface area contributed by atoms with Crippen LogP contribution in [0.2, 0.25) is 0 Å². The van der Waals surface area contributed by atoms with E-state index in [4.69, 9.17) is 10.6 Å². The fraction of sp³-hybridized carbons (Fsp3) is 0.900. The summed E-state index contributed by atoms with van der Waals surface area (Å²) >= 11 is 0. The number of hydrogen-bond donors (Lipinski definition) is 2. The Hall–Kier alpha value is -0.810. The van der Waals surface area contributed by atoms with Crippen LogP contribution in [0.1, 0.15) is 26.7 Å². The van der Waals surface area contributed by atoms with Gasteiger partial charge in [-0.3, -0.25) is 5.43 Å². The zero-order valence-electron chi connectivity index (χ0n) is 9.86. The molecule has 0 amide bonds. The molecule has 1 unspecified atom stereocenters. The first-order chi connectivity index (χ1) is 7.13. The zero-order valence-corrected chi connectivity index (χ0v) is 9.86. The van der Waals surface area contributed by atoms with Crippen LogP contribution in [0.25, 0.3) is 0 Å². The number of aliphatic imine (C=N–C) groups is 1. The maximum Gasteiger partial charge on any atom is 0.208 e. The molecule has 1 fully saturated rings. The molecule has 5 heteroatoms. The average molecular weight is 214 g/mol. The van der Waals surface area contributed by atoms with Crippen LogP contribution >= 0.6 is 0 Å². The van der Waals surface area contributed by atoms with Gasteiger partial charge in [0, 0.05) is 26.2 Å². The lowest BCUT2D eigenvalue weighted by Gasteiger charge is -2.24. The van der Waals surface area contributed by atoms with Gasteiger partial charge in [0.1, 0.15) is 0 Å². The monoisotopic (exact) mass is 214 g/mol. The molecule has 0 spiro atoms. The second kappa shape index (κ2) is 5.92. The van der Waals surface area contributed by atoms with E-state index in [1.807, 2.05) is 25.8 Å². The van der Waals surface area contributed by atoms with E-state index in [2.05, 4.69) is 10.4 Å². The van der Waals surface area contributed by atoms with Gasteiger partial charge in [0.25, 0.3) is 0 Å². The Labute approximate surface area is 91.6 Å². The van der Waals surface area contributed by atoms with Gasteiger partial charge in [-0.15, -0.1) is 0 Å². The fourth-order valence-corrected chi connectivity index (χ4v) is 1.67. The van der Waals surface area contributed by atoms with Gasteiger partial charge in [-0.05, 0) is 26.7 Å². The van der Waals surface area contributed by atoms with Crippen molar-refractivity contribution in [2.75, 3.05) is 20.2 Å². The molecule has 0 aromatic rings. The van der Waals surface area contributed by atoms with E-state index in [-0.39, 0.29) is 6.04 Å². The van der Waals surface area contributed by atoms with Crippen molar-refractivity contribution >= 4 is 5.96 Å². The minimum atomic E-state index is 0.239. The van der Waals surface area contributed by atoms with Crippen LogP contribution in [-0.2, 0) is 4.74 Å². The van der Waals surface area contributed by atoms with Crippen molar-refractivity contribution < 1.29 is 4.74 Å². The molecular weight excluding hydrogens is 192 g/mol. The third-order valence-electron chi connectivity index (χ3n) is 2.37. The molecule has 0 radical (unpaired) electrons. The molecule has 15 heavy (non-hydrogen) atoms. The van der Waals surface area contributed by atoms with E-state index in [9.17, 15) is 0 Å². The Morgan fingerprint density at radius 3 is 2.87 bits per heavy atom. The van der Waals surface area contributed by atoms with Gasteiger partial charge in [-0.1, -0.05) is 0 Å². The van der Waals surface area contributed by atoms with Crippen LogP contribution in [0.5, 0.6) is 0 Å². The number of likely N-dealkylation sites (N-methyl/N-ethyl adjacent to an activating group) is 1. The van der Waals surface area contributed by atoms with E-state index in [1.54, 1.807) is 0 Å². The van der Waals surface area contributed by atoms with E-state index in [0.29, 0.717) is 6.10 Å². The van der Waals surface area contributed by atoms with Crippen LogP contribution in [-0.4, -0.2) is 43.2 Å². The van der Waals surface area contributed by atoms with Crippen molar-refractivity contribution in [1.29, 1.82) is 0 Å². The second-order valence-corrected chi connectivity index (χ2v) is 4.21. The average Bonchev–Trinajstić information content (AvgIpc) is 2.66. The molecule has 3 N–H and O–H groups in total. The highest BCUT2D eigenvalue weighted by Crippen LogP contribution is 2.12. The number of hydrazine groups is 1. The molecule has 1 rings (SSSR count). The Morgan fingerprint density at radius 2 is 2.40 bits per heavy atom. The summed E-state index contributed by atoms with van der Waals surface area (Å²) in [6.45, 7) is 5.77. The smallest absolute Gasteiger partial charge is 0.208 e. The normalized spacial score (nSPS) is 22.2. The number of nitrogens with zero attached hydrogens (tertiary/aromatic N) is 2. The topological polar surface area (TPSA) is 62.9 Å². The van der Waals surface area contributed by atoms with Gasteiger partial charge in [0.15, 0.2) is 0 Å². The minimum absolute atomic E-state index is 0.239. The van der Waals surface area contributed by atoms with Gasteiger partial charge in [0.2, 0.25) is 5.96 Å². The van der Waals surface area contributed by atoms with Crippen molar-refractivity contribution in [1.82, 2.24) is 10.3 Å². The van der Waals surface area contributed by atoms with Crippen LogP contribution in [0, 0.1) is 0 Å². The molecule has 0 aliphatic carbocycles. The highest BCUT2D eigenvalue weighted by Gasteiger charge is 2.18. The van der Waals surface area contributed by atoms with Crippen LogP contribution < -0.4 is 11.3 Å². The van der Waals surface area contributed by atoms with E-state index < -0.39 is 0 Å². The summed E-state index contributed by atoms with van der Waals surface area (Å²) in [6, 6.07) is 0.239. The van der Waals surface area contributed by atoms with Gasteiger partial charge < -0.3 is 9.64 Å². The molecule has 1 saturated heterocycles. The number of nitrogens with two attached hydrogens (primary N) is 1. The first kappa shape index (κ1) is 12.3. The summed E-state index contributed by atoms with van der Waals surface area (Å²) in [6.07, 6.45) is 2.61. The predicted octanol–water partition coefficient (Wildman–Crippen LogP) is 0.325. The van der Waals surface area contributed by atoms with Crippen molar-refractivity contribution in [3.63, 3.8) is 0 Å². The summed E-state index contributed by atoms with van der Waals surface area (Å²) in [4.78, 5) is 6.40. The zero-order chi connectivity index (χ0) is 11.3. The summed E-state index contributed by atoms with van der Waals surface area (Å²) in [5.41, 5.74) is 2.63. The SMILES string of the molecule is CC(C)N=C(NN)N(C)CC1CCCO1. The number of ether oxygens (including phenoxy) is 1. The summed E-state index contributed by atoms with van der Waals surface area (Å²) in [5.74, 6) is 6.16. The highest BCUT2D eigenvalue weighted by atomic mass is 16.5. The quantitative estimate of drug-likeness (QED) is 0.307. The largest absolute Gasteiger partial charge is 0.376 e. The summed E-state index contributed by atoms with van der Waals surface area (Å²) in [7, 11) is 1.97. The lowest BCUT2D eigenvalue weighted by atomic mass is 10.2.